The number of carbonyl (C=O) groups excluding carboxylic acids is 1. The summed E-state index contributed by atoms with van der Waals surface area (Å²) in [6, 6.07) is 3.97. The molecular weight excluding hydrogens is 239 g/mol. The number of nitrogen functional groups attached to an aromatic ring is 1. The minimum Gasteiger partial charge on any atom is -0.398 e. The van der Waals surface area contributed by atoms with Crippen LogP contribution in [0.2, 0.25) is 0 Å². The van der Waals surface area contributed by atoms with Gasteiger partial charge in [0.2, 0.25) is 0 Å². The second-order valence-electron chi connectivity index (χ2n) is 3.29. The number of anilines is 1. The van der Waals surface area contributed by atoms with Crippen LogP contribution in [-0.2, 0) is 11.2 Å². The molecule has 1 aromatic carbocycles. The zero-order valence-corrected chi connectivity index (χ0v) is 9.28. The Balaban J connectivity index is 2.93. The van der Waals surface area contributed by atoms with Crippen molar-refractivity contribution in [2.45, 2.75) is 23.7 Å². The maximum Gasteiger partial charge on any atom is 0.446 e. The number of hydrogen-bond acceptors (Lipinski definition) is 3. The SMILES string of the molecule is CC(=O)Cc1cc(SC(F)(F)F)ccc1N. The third-order valence-electron chi connectivity index (χ3n) is 1.79. The number of rotatable bonds is 3. The molecule has 2 N–H and O–H groups in total. The van der Waals surface area contributed by atoms with Gasteiger partial charge in [-0.05, 0) is 42.4 Å². The van der Waals surface area contributed by atoms with Gasteiger partial charge in [0.1, 0.15) is 5.78 Å². The van der Waals surface area contributed by atoms with E-state index in [9.17, 15) is 18.0 Å². The van der Waals surface area contributed by atoms with Crippen LogP contribution in [0.4, 0.5) is 18.9 Å². The smallest absolute Gasteiger partial charge is 0.398 e. The second-order valence-corrected chi connectivity index (χ2v) is 4.43. The molecule has 0 bridgehead atoms. The summed E-state index contributed by atoms with van der Waals surface area (Å²) in [5, 5.41) is 0. The van der Waals surface area contributed by atoms with Gasteiger partial charge in [0.05, 0.1) is 0 Å². The lowest BCUT2D eigenvalue weighted by Gasteiger charge is -2.09. The van der Waals surface area contributed by atoms with Crippen molar-refractivity contribution in [2.24, 2.45) is 0 Å². The molecule has 0 fully saturated rings. The molecule has 0 unspecified atom stereocenters. The lowest BCUT2D eigenvalue weighted by molar-refractivity contribution is -0.116. The average Bonchev–Trinajstić information content (AvgIpc) is 2.07. The summed E-state index contributed by atoms with van der Waals surface area (Å²) in [5.74, 6) is -0.138. The van der Waals surface area contributed by atoms with E-state index in [4.69, 9.17) is 5.73 Å². The number of nitrogens with two attached hydrogens (primary N) is 1. The number of halogens is 3. The molecule has 0 aliphatic carbocycles. The number of ketones is 1. The molecule has 0 atom stereocenters. The Bertz CT molecular complexity index is 404. The van der Waals surface area contributed by atoms with Crippen LogP contribution in [0.5, 0.6) is 0 Å². The zero-order valence-electron chi connectivity index (χ0n) is 8.47. The van der Waals surface area contributed by atoms with E-state index in [0.717, 1.165) is 0 Å². The first kappa shape index (κ1) is 12.9. The predicted molar refractivity (Wildman–Crippen MR) is 57.2 cm³/mol. The van der Waals surface area contributed by atoms with Crippen LogP contribution in [-0.4, -0.2) is 11.3 Å². The van der Waals surface area contributed by atoms with Gasteiger partial charge < -0.3 is 5.73 Å². The monoisotopic (exact) mass is 249 g/mol. The van der Waals surface area contributed by atoms with E-state index >= 15 is 0 Å². The predicted octanol–water partition coefficient (Wildman–Crippen LogP) is 3.01. The Kier molecular flexibility index (Phi) is 3.85. The van der Waals surface area contributed by atoms with Crippen molar-refractivity contribution < 1.29 is 18.0 Å². The molecule has 0 heterocycles. The van der Waals surface area contributed by atoms with Gasteiger partial charge in [-0.2, -0.15) is 13.2 Å². The van der Waals surface area contributed by atoms with Crippen molar-refractivity contribution in [1.29, 1.82) is 0 Å². The highest BCUT2D eigenvalue weighted by atomic mass is 32.2. The van der Waals surface area contributed by atoms with Crippen LogP contribution in [0, 0.1) is 0 Å². The van der Waals surface area contributed by atoms with Gasteiger partial charge in [-0.25, -0.2) is 0 Å². The molecule has 88 valence electrons. The standard InChI is InChI=1S/C10H10F3NOS/c1-6(15)4-7-5-8(2-3-9(7)14)16-10(11,12)13/h2-3,5H,4,14H2,1H3. The minimum absolute atomic E-state index is 0.0398. The number of thioether (sulfide) groups is 1. The molecule has 0 spiro atoms. The molecule has 1 rings (SSSR count). The molecule has 16 heavy (non-hydrogen) atoms. The van der Waals surface area contributed by atoms with Gasteiger partial charge in [0.25, 0.3) is 0 Å². The van der Waals surface area contributed by atoms with E-state index in [1.54, 1.807) is 0 Å². The van der Waals surface area contributed by atoms with Crippen LogP contribution in [0.15, 0.2) is 23.1 Å². The maximum atomic E-state index is 12.1. The van der Waals surface area contributed by atoms with Gasteiger partial charge in [-0.15, -0.1) is 0 Å². The largest absolute Gasteiger partial charge is 0.446 e. The summed E-state index contributed by atoms with van der Waals surface area (Å²) in [5.41, 5.74) is 2.00. The quantitative estimate of drug-likeness (QED) is 0.661. The molecule has 0 saturated carbocycles. The van der Waals surface area contributed by atoms with Crippen LogP contribution < -0.4 is 5.73 Å². The van der Waals surface area contributed by atoms with Crippen molar-refractivity contribution in [3.05, 3.63) is 23.8 Å². The number of carbonyl (C=O) groups is 1. The fourth-order valence-electron chi connectivity index (χ4n) is 1.20. The summed E-state index contributed by atoms with van der Waals surface area (Å²) < 4.78 is 36.3. The van der Waals surface area contributed by atoms with Gasteiger partial charge in [-0.3, -0.25) is 4.79 Å². The fourth-order valence-corrected chi connectivity index (χ4v) is 1.81. The molecule has 0 aliphatic rings. The van der Waals surface area contributed by atoms with Crippen molar-refractivity contribution in [3.8, 4) is 0 Å². The first-order chi connectivity index (χ1) is 7.28. The molecule has 0 saturated heterocycles. The number of alkyl halides is 3. The fraction of sp³-hybridized carbons (Fsp3) is 0.300. The van der Waals surface area contributed by atoms with Crippen molar-refractivity contribution in [2.75, 3.05) is 5.73 Å². The summed E-state index contributed by atoms with van der Waals surface area (Å²) >= 11 is -0.216. The topological polar surface area (TPSA) is 43.1 Å². The highest BCUT2D eigenvalue weighted by Crippen LogP contribution is 2.37. The van der Waals surface area contributed by atoms with Gasteiger partial charge in [-0.1, -0.05) is 0 Å². The van der Waals surface area contributed by atoms with Crippen molar-refractivity contribution >= 4 is 23.2 Å². The third-order valence-corrected chi connectivity index (χ3v) is 2.51. The Morgan fingerprint density at radius 3 is 2.56 bits per heavy atom. The summed E-state index contributed by atoms with van der Waals surface area (Å²) in [6.45, 7) is 1.36. The summed E-state index contributed by atoms with van der Waals surface area (Å²) in [7, 11) is 0. The van der Waals surface area contributed by atoms with Gasteiger partial charge >= 0.3 is 5.51 Å². The molecule has 0 aliphatic heterocycles. The number of hydrogen-bond donors (Lipinski definition) is 1. The highest BCUT2D eigenvalue weighted by molar-refractivity contribution is 8.00. The molecule has 1 aromatic rings. The first-order valence-corrected chi connectivity index (χ1v) is 5.23. The summed E-state index contributed by atoms with van der Waals surface area (Å²) in [4.78, 5) is 10.9. The number of benzene rings is 1. The van der Waals surface area contributed by atoms with E-state index in [1.165, 1.54) is 25.1 Å². The average molecular weight is 249 g/mol. The Labute approximate surface area is 95.0 Å². The molecule has 0 radical (unpaired) electrons. The Morgan fingerprint density at radius 2 is 2.06 bits per heavy atom. The Hall–Kier alpha value is -1.17. The van der Waals surface area contributed by atoms with Gasteiger partial charge in [0.15, 0.2) is 0 Å². The minimum atomic E-state index is -4.33. The lowest BCUT2D eigenvalue weighted by Crippen LogP contribution is -2.03. The third kappa shape index (κ3) is 4.14. The van der Waals surface area contributed by atoms with E-state index in [2.05, 4.69) is 0 Å². The lowest BCUT2D eigenvalue weighted by atomic mass is 10.1. The zero-order chi connectivity index (χ0) is 12.3. The normalized spacial score (nSPS) is 11.5. The van der Waals surface area contributed by atoms with E-state index < -0.39 is 5.51 Å². The van der Waals surface area contributed by atoms with Crippen LogP contribution in [0.25, 0.3) is 0 Å². The van der Waals surface area contributed by atoms with E-state index in [0.29, 0.717) is 11.3 Å². The van der Waals surface area contributed by atoms with Crippen molar-refractivity contribution in [1.82, 2.24) is 0 Å². The first-order valence-electron chi connectivity index (χ1n) is 4.41. The summed E-state index contributed by atoms with van der Waals surface area (Å²) in [6.07, 6.45) is 0.0537. The van der Waals surface area contributed by atoms with E-state index in [1.807, 2.05) is 0 Å². The maximum absolute atomic E-state index is 12.1. The second kappa shape index (κ2) is 4.78. The number of Topliss-reactive ketones (excluding diaryl/α,β-unsaturated/α-hetero) is 1. The molecule has 0 amide bonds. The molecule has 2 nitrogen and oxygen atoms in total. The van der Waals surface area contributed by atoms with Crippen LogP contribution in [0.3, 0.4) is 0 Å². The molecular formula is C10H10F3NOS. The van der Waals surface area contributed by atoms with Crippen LogP contribution >= 0.6 is 11.8 Å². The molecule has 0 aromatic heterocycles. The van der Waals surface area contributed by atoms with E-state index in [-0.39, 0.29) is 28.9 Å². The Morgan fingerprint density at radius 1 is 1.44 bits per heavy atom. The van der Waals surface area contributed by atoms with Crippen LogP contribution in [0.1, 0.15) is 12.5 Å². The molecule has 6 heteroatoms. The highest BCUT2D eigenvalue weighted by Gasteiger charge is 2.29. The van der Waals surface area contributed by atoms with Gasteiger partial charge in [0, 0.05) is 17.0 Å². The van der Waals surface area contributed by atoms with Crippen molar-refractivity contribution in [3.63, 3.8) is 0 Å².